The highest BCUT2D eigenvalue weighted by molar-refractivity contribution is 6.02. The third kappa shape index (κ3) is 2.98. The van der Waals surface area contributed by atoms with E-state index in [2.05, 4.69) is 10.6 Å². The maximum absolute atomic E-state index is 12.2. The zero-order valence-corrected chi connectivity index (χ0v) is 12.0. The molecule has 1 aliphatic rings. The van der Waals surface area contributed by atoms with Crippen LogP contribution in [0.1, 0.15) is 18.4 Å². The number of benzene rings is 2. The summed E-state index contributed by atoms with van der Waals surface area (Å²) >= 11 is 0. The molecule has 1 fully saturated rings. The number of hydrogen-bond acceptors (Lipinski definition) is 3. The third-order valence-corrected chi connectivity index (χ3v) is 3.81. The smallest absolute Gasteiger partial charge is 0.249 e. The van der Waals surface area contributed by atoms with Gasteiger partial charge in [-0.05, 0) is 22.8 Å². The first-order chi connectivity index (χ1) is 10.6. The quantitative estimate of drug-likeness (QED) is 0.838. The van der Waals surface area contributed by atoms with Crippen LogP contribution in [0.4, 0.5) is 0 Å². The van der Waals surface area contributed by atoms with E-state index in [1.807, 2.05) is 42.5 Å². The lowest BCUT2D eigenvalue weighted by Crippen LogP contribution is -2.52. The Kier molecular flexibility index (Phi) is 3.87. The number of rotatable bonds is 3. The Morgan fingerprint density at radius 2 is 1.91 bits per heavy atom. The lowest BCUT2D eigenvalue weighted by molar-refractivity contribution is -0.137. The SMILES string of the molecule is O=C1CC[C@H](NC(=O)Cc2cccc3ccccc23)C(=O)N1. The molecule has 3 rings (SSSR count). The van der Waals surface area contributed by atoms with Crippen LogP contribution in [0, 0.1) is 0 Å². The molecule has 2 aromatic carbocycles. The van der Waals surface area contributed by atoms with Crippen molar-refractivity contribution < 1.29 is 14.4 Å². The van der Waals surface area contributed by atoms with Crippen LogP contribution < -0.4 is 10.6 Å². The van der Waals surface area contributed by atoms with E-state index in [9.17, 15) is 14.4 Å². The molecule has 0 bridgehead atoms. The Morgan fingerprint density at radius 1 is 1.14 bits per heavy atom. The van der Waals surface area contributed by atoms with Gasteiger partial charge in [0.15, 0.2) is 0 Å². The van der Waals surface area contributed by atoms with Gasteiger partial charge in [-0.2, -0.15) is 0 Å². The molecule has 5 heteroatoms. The summed E-state index contributed by atoms with van der Waals surface area (Å²) in [5, 5.41) is 7.04. The van der Waals surface area contributed by atoms with Crippen molar-refractivity contribution in [3.63, 3.8) is 0 Å². The van der Waals surface area contributed by atoms with E-state index in [0.717, 1.165) is 16.3 Å². The fraction of sp³-hybridized carbons (Fsp3) is 0.235. The van der Waals surface area contributed by atoms with Gasteiger partial charge in [-0.15, -0.1) is 0 Å². The standard InChI is InChI=1S/C17H16N2O3/c20-15-9-8-14(17(22)19-15)18-16(21)10-12-6-3-5-11-4-1-2-7-13(11)12/h1-7,14H,8-10H2,(H,18,21)(H,19,20,22)/t14-/m0/s1. The molecule has 2 N–H and O–H groups in total. The summed E-state index contributed by atoms with van der Waals surface area (Å²) in [7, 11) is 0. The summed E-state index contributed by atoms with van der Waals surface area (Å²) in [5.74, 6) is -0.932. The van der Waals surface area contributed by atoms with Crippen LogP contribution in [0.2, 0.25) is 0 Å². The number of fused-ring (bicyclic) bond motifs is 1. The van der Waals surface area contributed by atoms with Crippen LogP contribution in [0.25, 0.3) is 10.8 Å². The van der Waals surface area contributed by atoms with Gasteiger partial charge < -0.3 is 5.32 Å². The van der Waals surface area contributed by atoms with Gasteiger partial charge in [-0.25, -0.2) is 0 Å². The first-order valence-electron chi connectivity index (χ1n) is 7.23. The van der Waals surface area contributed by atoms with E-state index in [0.29, 0.717) is 6.42 Å². The van der Waals surface area contributed by atoms with Crippen molar-refractivity contribution in [3.05, 3.63) is 48.0 Å². The molecule has 0 aromatic heterocycles. The van der Waals surface area contributed by atoms with E-state index >= 15 is 0 Å². The maximum Gasteiger partial charge on any atom is 0.249 e. The van der Waals surface area contributed by atoms with Gasteiger partial charge in [0.1, 0.15) is 6.04 Å². The normalized spacial score (nSPS) is 18.1. The Bertz CT molecular complexity index is 749. The summed E-state index contributed by atoms with van der Waals surface area (Å²) in [5.41, 5.74) is 0.919. The lowest BCUT2D eigenvalue weighted by Gasteiger charge is -2.21. The molecule has 0 spiro atoms. The van der Waals surface area contributed by atoms with Crippen molar-refractivity contribution in [2.24, 2.45) is 0 Å². The molecule has 1 atom stereocenters. The summed E-state index contributed by atoms with van der Waals surface area (Å²) < 4.78 is 0. The zero-order chi connectivity index (χ0) is 15.5. The average molecular weight is 296 g/mol. The fourth-order valence-corrected chi connectivity index (χ4v) is 2.70. The largest absolute Gasteiger partial charge is 0.344 e. The molecule has 2 aromatic rings. The minimum absolute atomic E-state index is 0.207. The molecular formula is C17H16N2O3. The van der Waals surface area contributed by atoms with Crippen molar-refractivity contribution in [1.82, 2.24) is 10.6 Å². The highest BCUT2D eigenvalue weighted by Crippen LogP contribution is 2.19. The van der Waals surface area contributed by atoms with Crippen molar-refractivity contribution in [2.75, 3.05) is 0 Å². The second-order valence-electron chi connectivity index (χ2n) is 5.39. The van der Waals surface area contributed by atoms with Crippen molar-refractivity contribution >= 4 is 28.5 Å². The lowest BCUT2D eigenvalue weighted by atomic mass is 10.0. The number of imide groups is 1. The minimum Gasteiger partial charge on any atom is -0.344 e. The van der Waals surface area contributed by atoms with Crippen LogP contribution in [-0.4, -0.2) is 23.8 Å². The Morgan fingerprint density at radius 3 is 2.73 bits per heavy atom. The molecule has 0 saturated carbocycles. The molecule has 1 aliphatic heterocycles. The molecule has 0 aliphatic carbocycles. The molecule has 1 saturated heterocycles. The fourth-order valence-electron chi connectivity index (χ4n) is 2.70. The molecule has 112 valence electrons. The topological polar surface area (TPSA) is 75.3 Å². The molecule has 3 amide bonds. The molecule has 5 nitrogen and oxygen atoms in total. The maximum atomic E-state index is 12.2. The number of amides is 3. The van der Waals surface area contributed by atoms with Crippen LogP contribution in [-0.2, 0) is 20.8 Å². The second kappa shape index (κ2) is 5.97. The molecular weight excluding hydrogens is 280 g/mol. The highest BCUT2D eigenvalue weighted by Gasteiger charge is 2.27. The predicted molar refractivity (Wildman–Crippen MR) is 82.0 cm³/mol. The van der Waals surface area contributed by atoms with Gasteiger partial charge in [-0.1, -0.05) is 42.5 Å². The van der Waals surface area contributed by atoms with Gasteiger partial charge in [-0.3, -0.25) is 19.7 Å². The Balaban J connectivity index is 1.71. The van der Waals surface area contributed by atoms with Gasteiger partial charge in [0.05, 0.1) is 6.42 Å². The van der Waals surface area contributed by atoms with Crippen molar-refractivity contribution in [1.29, 1.82) is 0 Å². The van der Waals surface area contributed by atoms with E-state index in [-0.39, 0.29) is 24.7 Å². The Labute approximate surface area is 127 Å². The van der Waals surface area contributed by atoms with Crippen molar-refractivity contribution in [3.8, 4) is 0 Å². The summed E-state index contributed by atoms with van der Waals surface area (Å²) in [4.78, 5) is 34.9. The van der Waals surface area contributed by atoms with Gasteiger partial charge >= 0.3 is 0 Å². The number of hydrogen-bond donors (Lipinski definition) is 2. The number of carbonyl (C=O) groups excluding carboxylic acids is 3. The second-order valence-corrected chi connectivity index (χ2v) is 5.39. The molecule has 0 unspecified atom stereocenters. The van der Waals surface area contributed by atoms with Gasteiger partial charge in [0.25, 0.3) is 0 Å². The van der Waals surface area contributed by atoms with Crippen molar-refractivity contribution in [2.45, 2.75) is 25.3 Å². The van der Waals surface area contributed by atoms with Crippen LogP contribution in [0.3, 0.4) is 0 Å². The van der Waals surface area contributed by atoms with Crippen LogP contribution >= 0.6 is 0 Å². The van der Waals surface area contributed by atoms with Gasteiger partial charge in [0, 0.05) is 6.42 Å². The summed E-state index contributed by atoms with van der Waals surface area (Å²) in [6.45, 7) is 0. The first-order valence-corrected chi connectivity index (χ1v) is 7.23. The first kappa shape index (κ1) is 14.3. The van der Waals surface area contributed by atoms with Crippen LogP contribution in [0.15, 0.2) is 42.5 Å². The third-order valence-electron chi connectivity index (χ3n) is 3.81. The van der Waals surface area contributed by atoms with Gasteiger partial charge in [0.2, 0.25) is 17.7 Å². The minimum atomic E-state index is -0.625. The number of carbonyl (C=O) groups is 3. The number of nitrogens with one attached hydrogen (secondary N) is 2. The monoisotopic (exact) mass is 296 g/mol. The van der Waals surface area contributed by atoms with E-state index in [1.165, 1.54) is 0 Å². The van der Waals surface area contributed by atoms with E-state index < -0.39 is 11.9 Å². The predicted octanol–water partition coefficient (Wildman–Crippen LogP) is 1.30. The average Bonchev–Trinajstić information content (AvgIpc) is 2.50. The summed E-state index contributed by atoms with van der Waals surface area (Å²) in [6.07, 6.45) is 0.815. The highest BCUT2D eigenvalue weighted by atomic mass is 16.2. The number of piperidine rings is 1. The molecule has 0 radical (unpaired) electrons. The Hall–Kier alpha value is -2.69. The van der Waals surface area contributed by atoms with E-state index in [4.69, 9.17) is 0 Å². The van der Waals surface area contributed by atoms with Crippen LogP contribution in [0.5, 0.6) is 0 Å². The molecule has 22 heavy (non-hydrogen) atoms. The van der Waals surface area contributed by atoms with E-state index in [1.54, 1.807) is 0 Å². The summed E-state index contributed by atoms with van der Waals surface area (Å²) in [6, 6.07) is 13.1. The molecule has 1 heterocycles. The zero-order valence-electron chi connectivity index (χ0n) is 12.0.